The van der Waals surface area contributed by atoms with E-state index in [9.17, 15) is 9.59 Å². The molecule has 1 heterocycles. The summed E-state index contributed by atoms with van der Waals surface area (Å²) in [5, 5.41) is 5.61. The number of likely N-dealkylation sites (N-methyl/N-ethyl adjacent to an activating group) is 1. The third-order valence-electron chi connectivity index (χ3n) is 6.29. The Balaban J connectivity index is 1.69. The molecule has 0 unspecified atom stereocenters. The van der Waals surface area contributed by atoms with Crippen LogP contribution in [0.15, 0.2) is 42.5 Å². The van der Waals surface area contributed by atoms with E-state index in [0.717, 1.165) is 48.6 Å². The van der Waals surface area contributed by atoms with Crippen molar-refractivity contribution in [1.82, 2.24) is 15.1 Å². The van der Waals surface area contributed by atoms with Crippen molar-refractivity contribution < 1.29 is 9.59 Å². The molecule has 2 aromatic carbocycles. The highest BCUT2D eigenvalue weighted by Gasteiger charge is 2.25. The molecule has 1 atom stereocenters. The molecule has 0 bridgehead atoms. The number of nitrogens with zero attached hydrogens (tertiary/aromatic N) is 3. The molecule has 1 saturated heterocycles. The number of anilines is 2. The molecule has 172 valence electrons. The molecule has 32 heavy (non-hydrogen) atoms. The van der Waals surface area contributed by atoms with Gasteiger partial charge in [0, 0.05) is 58.2 Å². The van der Waals surface area contributed by atoms with Gasteiger partial charge in [0.15, 0.2) is 0 Å². The summed E-state index contributed by atoms with van der Waals surface area (Å²) in [6.07, 6.45) is 0. The van der Waals surface area contributed by atoms with Crippen molar-refractivity contribution >= 4 is 23.2 Å². The lowest BCUT2D eigenvalue weighted by Crippen LogP contribution is -2.49. The van der Waals surface area contributed by atoms with E-state index >= 15 is 0 Å². The van der Waals surface area contributed by atoms with Crippen LogP contribution in [0.5, 0.6) is 0 Å². The van der Waals surface area contributed by atoms with Crippen LogP contribution in [0, 0.1) is 13.8 Å². The lowest BCUT2D eigenvalue weighted by molar-refractivity contribution is -0.136. The van der Waals surface area contributed by atoms with Gasteiger partial charge in [-0.1, -0.05) is 24.3 Å². The largest absolute Gasteiger partial charge is 0.378 e. The predicted octanol–water partition coefficient (Wildman–Crippen LogP) is 2.41. The quantitative estimate of drug-likeness (QED) is 0.680. The zero-order valence-electron chi connectivity index (χ0n) is 19.8. The Bertz CT molecular complexity index is 934. The summed E-state index contributed by atoms with van der Waals surface area (Å²) in [6, 6.07) is 14.1. The van der Waals surface area contributed by atoms with E-state index in [4.69, 9.17) is 0 Å². The summed E-state index contributed by atoms with van der Waals surface area (Å²) in [5.74, 6) is -1.26. The van der Waals surface area contributed by atoms with Crippen molar-refractivity contribution in [2.24, 2.45) is 0 Å². The van der Waals surface area contributed by atoms with Gasteiger partial charge < -0.3 is 20.4 Å². The fourth-order valence-electron chi connectivity index (χ4n) is 3.92. The highest BCUT2D eigenvalue weighted by Crippen LogP contribution is 2.24. The number of rotatable bonds is 6. The minimum absolute atomic E-state index is 0.0115. The molecule has 1 aliphatic rings. The van der Waals surface area contributed by atoms with Gasteiger partial charge in [-0.3, -0.25) is 14.5 Å². The summed E-state index contributed by atoms with van der Waals surface area (Å²) in [7, 11) is 6.15. The van der Waals surface area contributed by atoms with Crippen LogP contribution >= 0.6 is 0 Å². The second-order valence-electron chi connectivity index (χ2n) is 8.75. The van der Waals surface area contributed by atoms with Crippen molar-refractivity contribution in [2.75, 3.05) is 64.1 Å². The first kappa shape index (κ1) is 23.8. The van der Waals surface area contributed by atoms with Gasteiger partial charge in [-0.05, 0) is 55.8 Å². The molecule has 3 rings (SSSR count). The molecule has 0 aliphatic carbocycles. The SMILES string of the molecule is Cc1cccc(NC(=O)C(=O)NC[C@@H](c2ccc(N(C)C)cc2)N2CCN(C)CC2)c1C. The van der Waals surface area contributed by atoms with E-state index in [-0.39, 0.29) is 6.04 Å². The van der Waals surface area contributed by atoms with E-state index in [1.54, 1.807) is 0 Å². The van der Waals surface area contributed by atoms with Crippen LogP contribution in [0.1, 0.15) is 22.7 Å². The molecule has 2 aromatic rings. The number of aryl methyl sites for hydroxylation is 1. The maximum atomic E-state index is 12.6. The first-order valence-electron chi connectivity index (χ1n) is 11.1. The Morgan fingerprint density at radius 3 is 2.25 bits per heavy atom. The average molecular weight is 438 g/mol. The zero-order chi connectivity index (χ0) is 23.3. The number of amides is 2. The molecule has 7 nitrogen and oxygen atoms in total. The van der Waals surface area contributed by atoms with Gasteiger partial charge in [0.05, 0.1) is 6.04 Å². The van der Waals surface area contributed by atoms with Crippen molar-refractivity contribution in [3.05, 3.63) is 59.2 Å². The highest BCUT2D eigenvalue weighted by molar-refractivity contribution is 6.39. The van der Waals surface area contributed by atoms with Gasteiger partial charge in [0.25, 0.3) is 0 Å². The second kappa shape index (κ2) is 10.6. The summed E-state index contributed by atoms with van der Waals surface area (Å²) in [4.78, 5) is 31.9. The third-order valence-corrected chi connectivity index (χ3v) is 6.29. The molecule has 0 saturated carbocycles. The van der Waals surface area contributed by atoms with Gasteiger partial charge in [0.1, 0.15) is 0 Å². The molecule has 0 spiro atoms. The van der Waals surface area contributed by atoms with Crippen LogP contribution in [0.25, 0.3) is 0 Å². The molecule has 7 heteroatoms. The topological polar surface area (TPSA) is 67.9 Å². The van der Waals surface area contributed by atoms with Gasteiger partial charge in [0.2, 0.25) is 0 Å². The standard InChI is InChI=1S/C25H35N5O2/c1-18-7-6-8-22(19(18)2)27-25(32)24(31)26-17-23(30-15-13-29(5)14-16-30)20-9-11-21(12-10-20)28(3)4/h6-12,23H,13-17H2,1-5H3,(H,26,31)(H,27,32)/t23-/m0/s1. The Labute approximate surface area is 191 Å². The van der Waals surface area contributed by atoms with Crippen LogP contribution in [0.4, 0.5) is 11.4 Å². The molecular formula is C25H35N5O2. The van der Waals surface area contributed by atoms with Crippen molar-refractivity contribution in [2.45, 2.75) is 19.9 Å². The highest BCUT2D eigenvalue weighted by atomic mass is 16.2. The van der Waals surface area contributed by atoms with E-state index < -0.39 is 11.8 Å². The Morgan fingerprint density at radius 2 is 1.62 bits per heavy atom. The predicted molar refractivity (Wildman–Crippen MR) is 130 cm³/mol. The van der Waals surface area contributed by atoms with E-state index in [0.29, 0.717) is 12.2 Å². The second-order valence-corrected chi connectivity index (χ2v) is 8.75. The third kappa shape index (κ3) is 5.87. The zero-order valence-corrected chi connectivity index (χ0v) is 19.8. The van der Waals surface area contributed by atoms with E-state index in [1.807, 2.05) is 46.1 Å². The number of nitrogens with one attached hydrogen (secondary N) is 2. The molecule has 1 aliphatic heterocycles. The average Bonchev–Trinajstić information content (AvgIpc) is 2.78. The fraction of sp³-hybridized carbons (Fsp3) is 0.440. The van der Waals surface area contributed by atoms with Crippen LogP contribution < -0.4 is 15.5 Å². The summed E-state index contributed by atoms with van der Waals surface area (Å²) >= 11 is 0. The normalized spacial score (nSPS) is 15.8. The number of hydrogen-bond donors (Lipinski definition) is 2. The van der Waals surface area contributed by atoms with Crippen LogP contribution in [-0.2, 0) is 9.59 Å². The van der Waals surface area contributed by atoms with Gasteiger partial charge in [-0.25, -0.2) is 0 Å². The maximum absolute atomic E-state index is 12.6. The first-order chi connectivity index (χ1) is 15.3. The Hall–Kier alpha value is -2.90. The number of benzene rings is 2. The van der Waals surface area contributed by atoms with Crippen molar-refractivity contribution in [1.29, 1.82) is 0 Å². The Morgan fingerprint density at radius 1 is 0.969 bits per heavy atom. The lowest BCUT2D eigenvalue weighted by atomic mass is 10.0. The van der Waals surface area contributed by atoms with Gasteiger partial charge >= 0.3 is 11.8 Å². The monoisotopic (exact) mass is 437 g/mol. The van der Waals surface area contributed by atoms with E-state index in [2.05, 4.69) is 56.6 Å². The smallest absolute Gasteiger partial charge is 0.313 e. The number of piperazine rings is 1. The minimum atomic E-state index is -0.640. The van der Waals surface area contributed by atoms with E-state index in [1.165, 1.54) is 0 Å². The molecule has 0 radical (unpaired) electrons. The summed E-state index contributed by atoms with van der Waals surface area (Å²) < 4.78 is 0. The molecular weight excluding hydrogens is 402 g/mol. The minimum Gasteiger partial charge on any atom is -0.378 e. The van der Waals surface area contributed by atoms with Crippen LogP contribution in [0.3, 0.4) is 0 Å². The summed E-state index contributed by atoms with van der Waals surface area (Å²) in [6.45, 7) is 8.09. The van der Waals surface area contributed by atoms with Gasteiger partial charge in [-0.15, -0.1) is 0 Å². The molecule has 2 amide bonds. The number of carbonyl (C=O) groups excluding carboxylic acids is 2. The number of carbonyl (C=O) groups is 2. The molecule has 2 N–H and O–H groups in total. The van der Waals surface area contributed by atoms with Gasteiger partial charge in [-0.2, -0.15) is 0 Å². The van der Waals surface area contributed by atoms with Crippen molar-refractivity contribution in [3.63, 3.8) is 0 Å². The first-order valence-corrected chi connectivity index (χ1v) is 11.1. The van der Waals surface area contributed by atoms with Crippen LogP contribution in [-0.4, -0.2) is 75.5 Å². The maximum Gasteiger partial charge on any atom is 0.313 e. The molecule has 1 fully saturated rings. The lowest BCUT2D eigenvalue weighted by Gasteiger charge is -2.38. The Kier molecular flexibility index (Phi) is 7.88. The number of hydrogen-bond acceptors (Lipinski definition) is 5. The van der Waals surface area contributed by atoms with Crippen molar-refractivity contribution in [3.8, 4) is 0 Å². The fourth-order valence-corrected chi connectivity index (χ4v) is 3.92. The molecule has 0 aromatic heterocycles. The summed E-state index contributed by atoms with van der Waals surface area (Å²) in [5.41, 5.74) is 4.96. The van der Waals surface area contributed by atoms with Crippen LogP contribution in [0.2, 0.25) is 0 Å².